The monoisotopic (exact) mass is 362 g/mol. The lowest BCUT2D eigenvalue weighted by Gasteiger charge is -2.25. The highest BCUT2D eigenvalue weighted by atomic mass is 16.5. The van der Waals surface area contributed by atoms with Crippen molar-refractivity contribution in [2.75, 3.05) is 26.4 Å². The highest BCUT2D eigenvalue weighted by Crippen LogP contribution is 2.21. The van der Waals surface area contributed by atoms with Crippen LogP contribution < -0.4 is 0 Å². The molecule has 0 aromatic carbocycles. The number of aliphatic hydroxyl groups excluding tert-OH is 7. The molecule has 1 rings (SSSR count). The molecule has 10 heteroatoms. The molecule has 0 bridgehead atoms. The number of hydrogen-bond acceptors (Lipinski definition) is 10. The molecule has 25 heavy (non-hydrogen) atoms. The predicted molar refractivity (Wildman–Crippen MR) is 84.3 cm³/mol. The molecule has 0 aliphatic rings. The first-order valence-corrected chi connectivity index (χ1v) is 7.90. The summed E-state index contributed by atoms with van der Waals surface area (Å²) >= 11 is 0. The predicted octanol–water partition coefficient (Wildman–Crippen LogP) is -3.11. The molecule has 1 heterocycles. The van der Waals surface area contributed by atoms with Crippen molar-refractivity contribution in [1.29, 1.82) is 0 Å². The number of rotatable bonds is 12. The van der Waals surface area contributed by atoms with E-state index in [1.807, 2.05) is 0 Å². The molecule has 0 aliphatic heterocycles. The van der Waals surface area contributed by atoms with Crippen molar-refractivity contribution in [1.82, 2.24) is 9.97 Å². The molecule has 144 valence electrons. The lowest BCUT2D eigenvalue weighted by atomic mass is 10.1. The molecule has 0 fully saturated rings. The Balaban J connectivity index is 2.80. The fourth-order valence-electron chi connectivity index (χ4n) is 2.10. The minimum absolute atomic E-state index is 0.0109. The fraction of sp³-hybridized carbons (Fsp3) is 0.733. The molecule has 0 saturated heterocycles. The zero-order valence-corrected chi connectivity index (χ0v) is 13.7. The Labute approximate surface area is 145 Å². The van der Waals surface area contributed by atoms with Crippen molar-refractivity contribution >= 4 is 0 Å². The van der Waals surface area contributed by atoms with Crippen LogP contribution in [-0.4, -0.2) is 96.6 Å². The molecule has 0 unspecified atom stereocenters. The minimum atomic E-state index is -1.28. The number of hydrogen-bond donors (Lipinski definition) is 7. The van der Waals surface area contributed by atoms with Gasteiger partial charge in [-0.3, -0.25) is 9.97 Å². The summed E-state index contributed by atoms with van der Waals surface area (Å²) in [6.45, 7) is -1.93. The topological polar surface area (TPSA) is 177 Å². The summed E-state index contributed by atoms with van der Waals surface area (Å²) in [5.41, 5.74) is 0.708. The van der Waals surface area contributed by atoms with Crippen LogP contribution in [-0.2, 0) is 11.2 Å². The maximum absolute atomic E-state index is 9.66. The Morgan fingerprint density at radius 2 is 1.52 bits per heavy atom. The second-order valence-electron chi connectivity index (χ2n) is 5.56. The van der Waals surface area contributed by atoms with E-state index in [2.05, 4.69) is 9.97 Å². The number of nitrogens with zero attached hydrogens (tertiary/aromatic N) is 2. The second-order valence-corrected chi connectivity index (χ2v) is 5.56. The molecule has 10 nitrogen and oxygen atoms in total. The number of ether oxygens (including phenoxy) is 1. The van der Waals surface area contributed by atoms with Gasteiger partial charge in [0.05, 0.1) is 43.5 Å². The Morgan fingerprint density at radius 3 is 2.00 bits per heavy atom. The van der Waals surface area contributed by atoms with E-state index < -0.39 is 50.3 Å². The third-order valence-electron chi connectivity index (χ3n) is 3.63. The molecule has 5 atom stereocenters. The highest BCUT2D eigenvalue weighted by Gasteiger charge is 2.25. The van der Waals surface area contributed by atoms with Gasteiger partial charge in [0.2, 0.25) is 0 Å². The van der Waals surface area contributed by atoms with E-state index in [4.69, 9.17) is 20.1 Å². The smallest absolute Gasteiger partial charge is 0.110 e. The van der Waals surface area contributed by atoms with Crippen LogP contribution in [0.2, 0.25) is 0 Å². The second kappa shape index (κ2) is 11.4. The van der Waals surface area contributed by atoms with Crippen LogP contribution in [0.3, 0.4) is 0 Å². The molecule has 0 spiro atoms. The largest absolute Gasteiger partial charge is 0.396 e. The third kappa shape index (κ3) is 6.88. The summed E-state index contributed by atoms with van der Waals surface area (Å²) in [4.78, 5) is 8.21. The third-order valence-corrected chi connectivity index (χ3v) is 3.63. The van der Waals surface area contributed by atoms with Crippen molar-refractivity contribution in [3.8, 4) is 0 Å². The van der Waals surface area contributed by atoms with E-state index in [1.165, 1.54) is 12.4 Å². The van der Waals surface area contributed by atoms with Gasteiger partial charge >= 0.3 is 0 Å². The molecule has 0 aliphatic carbocycles. The van der Waals surface area contributed by atoms with Gasteiger partial charge < -0.3 is 40.5 Å². The molecule has 1 aromatic rings. The van der Waals surface area contributed by atoms with Gasteiger partial charge in [0.15, 0.2) is 0 Å². The molecule has 0 amide bonds. The van der Waals surface area contributed by atoms with E-state index >= 15 is 0 Å². The maximum Gasteiger partial charge on any atom is 0.110 e. The first kappa shape index (κ1) is 21.8. The average molecular weight is 362 g/mol. The van der Waals surface area contributed by atoms with Gasteiger partial charge in [-0.05, 0) is 0 Å². The van der Waals surface area contributed by atoms with Crippen LogP contribution in [0, 0.1) is 0 Å². The average Bonchev–Trinajstić information content (AvgIpc) is 2.64. The van der Waals surface area contributed by atoms with Gasteiger partial charge in [0.25, 0.3) is 0 Å². The molecule has 7 N–H and O–H groups in total. The van der Waals surface area contributed by atoms with Gasteiger partial charge in [-0.25, -0.2) is 0 Å². The van der Waals surface area contributed by atoms with Gasteiger partial charge in [0, 0.05) is 25.6 Å². The van der Waals surface area contributed by atoms with Gasteiger partial charge in [-0.15, -0.1) is 0 Å². The minimum Gasteiger partial charge on any atom is -0.396 e. The normalized spacial score (nSPS) is 17.7. The van der Waals surface area contributed by atoms with Crippen molar-refractivity contribution in [2.45, 2.75) is 43.4 Å². The molecule has 0 saturated carbocycles. The highest BCUT2D eigenvalue weighted by molar-refractivity contribution is 5.07. The quantitative estimate of drug-likeness (QED) is 0.201. The van der Waals surface area contributed by atoms with Crippen molar-refractivity contribution < 1.29 is 40.5 Å². The lowest BCUT2D eigenvalue weighted by molar-refractivity contribution is -0.116. The van der Waals surface area contributed by atoms with Crippen molar-refractivity contribution in [3.63, 3.8) is 0 Å². The molecular weight excluding hydrogens is 336 g/mol. The maximum atomic E-state index is 9.66. The molecule has 1 aromatic heterocycles. The standard InChI is InChI=1S/C15H26N2O8/c18-2-1-14(25-15(8-21)13(24)7-20)10-5-16-9(4-17-10)3-11(22)12(23)6-19/h4-5,11-15,18-24H,1-3,6-8H2/t11-,12+,13+,14+,15-/m0/s1. The van der Waals surface area contributed by atoms with Gasteiger partial charge in [0.1, 0.15) is 24.4 Å². The number of aliphatic hydroxyl groups is 7. The lowest BCUT2D eigenvalue weighted by Crippen LogP contribution is -2.36. The SMILES string of the molecule is OCC[C@@H](O[C@@H](CO)[C@H](O)CO)c1cnc(C[C@H](O)[C@H](O)CO)cn1. The molecule has 0 radical (unpaired) electrons. The van der Waals surface area contributed by atoms with Crippen LogP contribution in [0.4, 0.5) is 0 Å². The summed E-state index contributed by atoms with van der Waals surface area (Å²) in [6.07, 6.45) is -2.74. The fourth-order valence-corrected chi connectivity index (χ4v) is 2.10. The molecular formula is C15H26N2O8. The first-order valence-electron chi connectivity index (χ1n) is 7.90. The van der Waals surface area contributed by atoms with Crippen LogP contribution in [0.1, 0.15) is 23.9 Å². The van der Waals surface area contributed by atoms with E-state index in [-0.39, 0.29) is 19.4 Å². The first-order chi connectivity index (χ1) is 12.0. The van der Waals surface area contributed by atoms with Crippen LogP contribution in [0.15, 0.2) is 12.4 Å². The van der Waals surface area contributed by atoms with Crippen LogP contribution in [0.5, 0.6) is 0 Å². The Kier molecular flexibility index (Phi) is 9.93. The van der Waals surface area contributed by atoms with E-state index in [0.717, 1.165) is 0 Å². The van der Waals surface area contributed by atoms with Gasteiger partial charge in [-0.1, -0.05) is 0 Å². The van der Waals surface area contributed by atoms with Crippen molar-refractivity contribution in [2.24, 2.45) is 0 Å². The summed E-state index contributed by atoms with van der Waals surface area (Å²) in [7, 11) is 0. The Morgan fingerprint density at radius 1 is 0.840 bits per heavy atom. The Bertz CT molecular complexity index is 475. The van der Waals surface area contributed by atoms with E-state index in [0.29, 0.717) is 11.4 Å². The van der Waals surface area contributed by atoms with E-state index in [1.54, 1.807) is 0 Å². The number of aromatic nitrogens is 2. The van der Waals surface area contributed by atoms with Crippen molar-refractivity contribution in [3.05, 3.63) is 23.8 Å². The van der Waals surface area contributed by atoms with Crippen LogP contribution in [0.25, 0.3) is 0 Å². The zero-order chi connectivity index (χ0) is 18.8. The summed E-state index contributed by atoms with van der Waals surface area (Å²) in [5, 5.41) is 64.7. The zero-order valence-electron chi connectivity index (χ0n) is 13.7. The van der Waals surface area contributed by atoms with E-state index in [9.17, 15) is 20.4 Å². The summed E-state index contributed by atoms with van der Waals surface area (Å²) in [5.74, 6) is 0. The Hall–Kier alpha value is -1.24. The summed E-state index contributed by atoms with van der Waals surface area (Å²) in [6, 6.07) is 0. The van der Waals surface area contributed by atoms with Crippen LogP contribution >= 0.6 is 0 Å². The summed E-state index contributed by atoms with van der Waals surface area (Å²) < 4.78 is 5.51. The van der Waals surface area contributed by atoms with Gasteiger partial charge in [-0.2, -0.15) is 0 Å².